The first-order valence-electron chi connectivity index (χ1n) is 4.55. The Hall–Kier alpha value is -1.33. The van der Waals surface area contributed by atoms with E-state index in [4.69, 9.17) is 5.11 Å². The van der Waals surface area contributed by atoms with Gasteiger partial charge in [0.25, 0.3) is 0 Å². The van der Waals surface area contributed by atoms with Crippen LogP contribution in [0.15, 0.2) is 35.7 Å². The Bertz CT molecular complexity index is 399. The summed E-state index contributed by atoms with van der Waals surface area (Å²) < 4.78 is 0. The van der Waals surface area contributed by atoms with Crippen molar-refractivity contribution >= 4 is 11.8 Å². The summed E-state index contributed by atoms with van der Waals surface area (Å²) >= 11 is 1.60. The highest BCUT2D eigenvalue weighted by molar-refractivity contribution is 7.98. The quantitative estimate of drug-likeness (QED) is 0.770. The molecule has 2 aromatic rings. The zero-order valence-electron chi connectivity index (χ0n) is 8.05. The lowest BCUT2D eigenvalue weighted by Crippen LogP contribution is -1.85. The van der Waals surface area contributed by atoms with Gasteiger partial charge in [-0.25, -0.2) is 4.98 Å². The number of nitrogens with one attached hydrogen (secondary N) is 1. The van der Waals surface area contributed by atoms with Crippen LogP contribution in [-0.4, -0.2) is 20.3 Å². The first kappa shape index (κ1) is 10.2. The fraction of sp³-hybridized carbons (Fsp3) is 0.200. The second-order valence-corrected chi connectivity index (χ2v) is 4.02. The average molecular weight is 221 g/mol. The van der Waals surface area contributed by atoms with Gasteiger partial charge < -0.3 is 5.11 Å². The number of aliphatic hydroxyl groups excluding tert-OH is 1. The Morgan fingerprint density at radius 2 is 1.93 bits per heavy atom. The van der Waals surface area contributed by atoms with E-state index in [-0.39, 0.29) is 6.61 Å². The van der Waals surface area contributed by atoms with Gasteiger partial charge in [0.05, 0.1) is 6.61 Å². The van der Waals surface area contributed by atoms with Gasteiger partial charge in [-0.2, -0.15) is 5.10 Å². The zero-order chi connectivity index (χ0) is 10.5. The Morgan fingerprint density at radius 1 is 1.20 bits per heavy atom. The van der Waals surface area contributed by atoms with Crippen LogP contribution >= 0.6 is 11.8 Å². The molecule has 5 heteroatoms. The minimum atomic E-state index is 0.0928. The van der Waals surface area contributed by atoms with Crippen LogP contribution in [0, 0.1) is 0 Å². The lowest BCUT2D eigenvalue weighted by molar-refractivity contribution is 0.282. The van der Waals surface area contributed by atoms with Gasteiger partial charge >= 0.3 is 0 Å². The smallest absolute Gasteiger partial charge is 0.183 e. The average Bonchev–Trinajstić information content (AvgIpc) is 2.80. The van der Waals surface area contributed by atoms with E-state index >= 15 is 0 Å². The molecule has 0 unspecified atom stereocenters. The van der Waals surface area contributed by atoms with E-state index in [2.05, 4.69) is 15.2 Å². The highest BCUT2D eigenvalue weighted by Crippen LogP contribution is 2.18. The second-order valence-electron chi connectivity index (χ2n) is 3.05. The van der Waals surface area contributed by atoms with Crippen molar-refractivity contribution in [2.24, 2.45) is 0 Å². The lowest BCUT2D eigenvalue weighted by atomic mass is 10.2. The minimum Gasteiger partial charge on any atom is -0.392 e. The molecule has 0 saturated heterocycles. The molecule has 1 aromatic heterocycles. The molecule has 0 spiro atoms. The van der Waals surface area contributed by atoms with E-state index in [0.29, 0.717) is 0 Å². The molecule has 0 bridgehead atoms. The Labute approximate surface area is 91.8 Å². The maximum absolute atomic E-state index is 8.88. The largest absolute Gasteiger partial charge is 0.392 e. The summed E-state index contributed by atoms with van der Waals surface area (Å²) in [6.07, 6.45) is 1.50. The van der Waals surface area contributed by atoms with Crippen molar-refractivity contribution < 1.29 is 5.11 Å². The summed E-state index contributed by atoms with van der Waals surface area (Å²) in [6.45, 7) is 0.0928. The van der Waals surface area contributed by atoms with Gasteiger partial charge in [-0.3, -0.25) is 5.10 Å². The minimum absolute atomic E-state index is 0.0928. The maximum atomic E-state index is 8.88. The number of nitrogens with zero attached hydrogens (tertiary/aromatic N) is 2. The zero-order valence-corrected chi connectivity index (χ0v) is 8.87. The second kappa shape index (κ2) is 4.95. The van der Waals surface area contributed by atoms with Gasteiger partial charge in [0.15, 0.2) is 5.16 Å². The molecular formula is C10H11N3OS. The summed E-state index contributed by atoms with van der Waals surface area (Å²) in [4.78, 5) is 4.02. The van der Waals surface area contributed by atoms with E-state index in [1.807, 2.05) is 24.3 Å². The fourth-order valence-electron chi connectivity index (χ4n) is 1.16. The molecule has 0 radical (unpaired) electrons. The van der Waals surface area contributed by atoms with Crippen molar-refractivity contribution in [3.05, 3.63) is 41.7 Å². The SMILES string of the molecule is OCc1ccc(CSc2ncn[nH]2)cc1. The number of benzene rings is 1. The molecule has 2 rings (SSSR count). The molecule has 0 amide bonds. The summed E-state index contributed by atoms with van der Waals surface area (Å²) in [5, 5.41) is 16.3. The molecule has 0 aliphatic rings. The van der Waals surface area contributed by atoms with Crippen LogP contribution in [0.2, 0.25) is 0 Å². The van der Waals surface area contributed by atoms with Crippen molar-refractivity contribution in [2.45, 2.75) is 17.5 Å². The number of H-pyrrole nitrogens is 1. The molecule has 4 nitrogen and oxygen atoms in total. The molecule has 0 aliphatic heterocycles. The van der Waals surface area contributed by atoms with Crippen LogP contribution in [0.4, 0.5) is 0 Å². The number of hydrogen-bond donors (Lipinski definition) is 2. The van der Waals surface area contributed by atoms with Crippen LogP contribution in [0.25, 0.3) is 0 Å². The lowest BCUT2D eigenvalue weighted by Gasteiger charge is -2.00. The summed E-state index contributed by atoms with van der Waals surface area (Å²) in [7, 11) is 0. The van der Waals surface area contributed by atoms with Crippen molar-refractivity contribution in [3.63, 3.8) is 0 Å². The molecule has 1 heterocycles. The molecule has 0 fully saturated rings. The Balaban J connectivity index is 1.93. The highest BCUT2D eigenvalue weighted by Gasteiger charge is 1.98. The van der Waals surface area contributed by atoms with E-state index in [1.165, 1.54) is 11.9 Å². The molecule has 78 valence electrons. The Kier molecular flexibility index (Phi) is 3.37. The molecule has 0 aliphatic carbocycles. The predicted molar refractivity (Wildman–Crippen MR) is 58.3 cm³/mol. The van der Waals surface area contributed by atoms with Gasteiger partial charge in [0, 0.05) is 5.75 Å². The molecule has 1 aromatic carbocycles. The van der Waals surface area contributed by atoms with E-state index in [1.54, 1.807) is 11.8 Å². The van der Waals surface area contributed by atoms with Crippen LogP contribution in [-0.2, 0) is 12.4 Å². The van der Waals surface area contributed by atoms with E-state index in [0.717, 1.165) is 16.5 Å². The van der Waals surface area contributed by atoms with Crippen LogP contribution in [0.1, 0.15) is 11.1 Å². The number of thioether (sulfide) groups is 1. The van der Waals surface area contributed by atoms with E-state index < -0.39 is 0 Å². The maximum Gasteiger partial charge on any atom is 0.183 e. The predicted octanol–water partition coefficient (Wildman–Crippen LogP) is 1.59. The van der Waals surface area contributed by atoms with Crippen LogP contribution in [0.3, 0.4) is 0 Å². The van der Waals surface area contributed by atoms with Gasteiger partial charge in [-0.05, 0) is 11.1 Å². The first-order valence-corrected chi connectivity index (χ1v) is 5.54. The van der Waals surface area contributed by atoms with Crippen molar-refractivity contribution in [1.82, 2.24) is 15.2 Å². The molecule has 2 N–H and O–H groups in total. The molecule has 0 saturated carbocycles. The third-order valence-corrected chi connectivity index (χ3v) is 2.92. The van der Waals surface area contributed by atoms with Crippen molar-refractivity contribution in [3.8, 4) is 0 Å². The van der Waals surface area contributed by atoms with Crippen LogP contribution in [0.5, 0.6) is 0 Å². The third kappa shape index (κ3) is 2.81. The van der Waals surface area contributed by atoms with Crippen molar-refractivity contribution in [2.75, 3.05) is 0 Å². The van der Waals surface area contributed by atoms with E-state index in [9.17, 15) is 0 Å². The van der Waals surface area contributed by atoms with Gasteiger partial charge in [0.2, 0.25) is 0 Å². The Morgan fingerprint density at radius 3 is 2.53 bits per heavy atom. The summed E-state index contributed by atoms with van der Waals surface area (Å²) in [5.74, 6) is 0.848. The number of aromatic amines is 1. The number of rotatable bonds is 4. The molecule has 0 atom stereocenters. The highest BCUT2D eigenvalue weighted by atomic mass is 32.2. The van der Waals surface area contributed by atoms with Crippen molar-refractivity contribution in [1.29, 1.82) is 0 Å². The normalized spacial score (nSPS) is 10.5. The number of aromatic nitrogens is 3. The number of aliphatic hydroxyl groups is 1. The third-order valence-electron chi connectivity index (χ3n) is 1.97. The molecule has 15 heavy (non-hydrogen) atoms. The monoisotopic (exact) mass is 221 g/mol. The van der Waals surface area contributed by atoms with Gasteiger partial charge in [-0.15, -0.1) is 0 Å². The first-order chi connectivity index (χ1) is 7.38. The summed E-state index contributed by atoms with van der Waals surface area (Å²) in [6, 6.07) is 7.87. The van der Waals surface area contributed by atoms with Gasteiger partial charge in [0.1, 0.15) is 6.33 Å². The summed E-state index contributed by atoms with van der Waals surface area (Å²) in [5.41, 5.74) is 2.14. The van der Waals surface area contributed by atoms with Crippen LogP contribution < -0.4 is 0 Å². The standard InChI is InChI=1S/C10H11N3OS/c14-5-8-1-3-9(4-2-8)6-15-10-11-7-12-13-10/h1-4,7,14H,5-6H2,(H,11,12,13). The topological polar surface area (TPSA) is 61.8 Å². The fourth-order valence-corrected chi connectivity index (χ4v) is 1.89. The van der Waals surface area contributed by atoms with Gasteiger partial charge in [-0.1, -0.05) is 36.0 Å². The number of hydrogen-bond acceptors (Lipinski definition) is 4. The molecular weight excluding hydrogens is 210 g/mol.